The van der Waals surface area contributed by atoms with Crippen molar-refractivity contribution in [1.29, 1.82) is 0 Å². The Hall–Kier alpha value is -1.25. The van der Waals surface area contributed by atoms with Gasteiger partial charge in [0.05, 0.1) is 11.3 Å². The van der Waals surface area contributed by atoms with Gasteiger partial charge < -0.3 is 9.67 Å². The molecule has 0 radical (unpaired) electrons. The van der Waals surface area contributed by atoms with Crippen LogP contribution in [0.3, 0.4) is 0 Å². The van der Waals surface area contributed by atoms with Gasteiger partial charge in [-0.1, -0.05) is 27.5 Å². The Bertz CT molecular complexity index is 802. The van der Waals surface area contributed by atoms with Crippen LogP contribution in [0.2, 0.25) is 5.02 Å². The van der Waals surface area contributed by atoms with E-state index in [2.05, 4.69) is 25.6 Å². The number of benzene rings is 1. The highest BCUT2D eigenvalue weighted by atomic mass is 79.9. The first-order valence-corrected chi connectivity index (χ1v) is 8.76. The zero-order valence-corrected chi connectivity index (χ0v) is 13.8. The highest BCUT2D eigenvalue weighted by Gasteiger charge is 2.25. The van der Waals surface area contributed by atoms with Gasteiger partial charge in [-0.3, -0.25) is 4.72 Å². The molecule has 0 spiro atoms. The molecule has 0 bridgehead atoms. The minimum Gasteiger partial charge on any atom is -0.505 e. The first-order chi connectivity index (χ1) is 9.87. The molecule has 1 aliphatic rings. The van der Waals surface area contributed by atoms with E-state index >= 15 is 0 Å². The fourth-order valence-corrected chi connectivity index (χ4v) is 4.06. The van der Waals surface area contributed by atoms with Crippen LogP contribution in [-0.2, 0) is 10.0 Å². The summed E-state index contributed by atoms with van der Waals surface area (Å²) >= 11 is 8.94. The molecule has 21 heavy (non-hydrogen) atoms. The minimum atomic E-state index is -3.97. The number of imidazole rings is 1. The summed E-state index contributed by atoms with van der Waals surface area (Å²) < 4.78 is 29.3. The fourth-order valence-electron chi connectivity index (χ4n) is 1.90. The molecule has 2 N–H and O–H groups in total. The largest absolute Gasteiger partial charge is 0.505 e. The van der Waals surface area contributed by atoms with E-state index in [0.717, 1.165) is 12.8 Å². The highest BCUT2D eigenvalue weighted by Crippen LogP contribution is 2.36. The zero-order valence-electron chi connectivity index (χ0n) is 10.6. The summed E-state index contributed by atoms with van der Waals surface area (Å²) in [6.45, 7) is 0. The third kappa shape index (κ3) is 3.02. The number of hydrogen-bond donors (Lipinski definition) is 2. The lowest BCUT2D eigenvalue weighted by atomic mass is 10.3. The van der Waals surface area contributed by atoms with E-state index in [1.807, 2.05) is 4.57 Å². The van der Waals surface area contributed by atoms with Gasteiger partial charge in [-0.25, -0.2) is 13.4 Å². The molecule has 0 saturated heterocycles. The average Bonchev–Trinajstić information content (AvgIpc) is 3.15. The van der Waals surface area contributed by atoms with Gasteiger partial charge in [0.2, 0.25) is 0 Å². The summed E-state index contributed by atoms with van der Waals surface area (Å²) in [4.78, 5) is 3.71. The second-order valence-electron chi connectivity index (χ2n) is 4.78. The molecule has 1 aromatic heterocycles. The van der Waals surface area contributed by atoms with Crippen molar-refractivity contribution in [3.63, 3.8) is 0 Å². The molecular formula is C12H11BrClN3O3S. The highest BCUT2D eigenvalue weighted by molar-refractivity contribution is 9.10. The number of nitrogens with one attached hydrogen (secondary N) is 1. The van der Waals surface area contributed by atoms with Crippen LogP contribution in [0.15, 0.2) is 34.0 Å². The lowest BCUT2D eigenvalue weighted by Crippen LogP contribution is -2.13. The van der Waals surface area contributed by atoms with Crippen LogP contribution in [0, 0.1) is 0 Å². The Kier molecular flexibility index (Phi) is 3.62. The maximum atomic E-state index is 12.3. The van der Waals surface area contributed by atoms with Crippen molar-refractivity contribution in [2.24, 2.45) is 0 Å². The molecule has 0 amide bonds. The third-order valence-electron chi connectivity index (χ3n) is 3.09. The number of hydrogen-bond acceptors (Lipinski definition) is 4. The molecule has 6 nitrogen and oxygen atoms in total. The van der Waals surface area contributed by atoms with Gasteiger partial charge in [-0.05, 0) is 25.0 Å². The molecule has 3 rings (SSSR count). The Morgan fingerprint density at radius 1 is 1.43 bits per heavy atom. The smallest absolute Gasteiger partial charge is 0.266 e. The maximum absolute atomic E-state index is 12.3. The van der Waals surface area contributed by atoms with Gasteiger partial charge >= 0.3 is 0 Å². The number of rotatable bonds is 4. The van der Waals surface area contributed by atoms with Crippen molar-refractivity contribution in [1.82, 2.24) is 9.55 Å². The fraction of sp³-hybridized carbons (Fsp3) is 0.250. The van der Waals surface area contributed by atoms with Crippen molar-refractivity contribution < 1.29 is 13.5 Å². The first kappa shape index (κ1) is 14.7. The van der Waals surface area contributed by atoms with Crippen LogP contribution in [-0.4, -0.2) is 23.1 Å². The molecule has 0 aliphatic heterocycles. The molecule has 112 valence electrons. The second-order valence-corrected chi connectivity index (χ2v) is 7.75. The predicted molar refractivity (Wildman–Crippen MR) is 82.1 cm³/mol. The zero-order chi connectivity index (χ0) is 15.2. The predicted octanol–water partition coefficient (Wildman–Crippen LogP) is 3.14. The normalized spacial score (nSPS) is 15.1. The first-order valence-electron chi connectivity index (χ1n) is 6.11. The van der Waals surface area contributed by atoms with Gasteiger partial charge in [-0.2, -0.15) is 0 Å². The van der Waals surface area contributed by atoms with E-state index in [0.29, 0.717) is 10.5 Å². The van der Waals surface area contributed by atoms with Crippen LogP contribution < -0.4 is 4.72 Å². The van der Waals surface area contributed by atoms with E-state index < -0.39 is 15.8 Å². The second kappa shape index (κ2) is 5.19. The summed E-state index contributed by atoms with van der Waals surface area (Å²) in [6, 6.07) is 3.10. The van der Waals surface area contributed by atoms with Crippen molar-refractivity contribution in [3.8, 4) is 5.75 Å². The van der Waals surface area contributed by atoms with Crippen molar-refractivity contribution in [2.75, 3.05) is 4.72 Å². The SMILES string of the molecule is O=S(=O)(Nc1cn(C2CC2)cn1)c1cc(Br)cc(Cl)c1O. The van der Waals surface area contributed by atoms with Gasteiger partial charge in [0.1, 0.15) is 4.90 Å². The van der Waals surface area contributed by atoms with Crippen LogP contribution in [0.5, 0.6) is 5.75 Å². The molecule has 1 fully saturated rings. The Morgan fingerprint density at radius 3 is 2.81 bits per heavy atom. The summed E-state index contributed by atoms with van der Waals surface area (Å²) in [5.74, 6) is -0.286. The Balaban J connectivity index is 1.92. The molecule has 0 atom stereocenters. The van der Waals surface area contributed by atoms with E-state index in [-0.39, 0.29) is 15.7 Å². The monoisotopic (exact) mass is 391 g/mol. The average molecular weight is 393 g/mol. The van der Waals surface area contributed by atoms with E-state index in [1.54, 1.807) is 12.5 Å². The number of phenols is 1. The van der Waals surface area contributed by atoms with Gasteiger partial charge in [0.15, 0.2) is 11.6 Å². The van der Waals surface area contributed by atoms with Gasteiger partial charge in [-0.15, -0.1) is 0 Å². The molecular weight excluding hydrogens is 382 g/mol. The summed E-state index contributed by atoms with van der Waals surface area (Å²) in [6.07, 6.45) is 5.37. The number of aromatic hydroxyl groups is 1. The van der Waals surface area contributed by atoms with Crippen molar-refractivity contribution in [2.45, 2.75) is 23.8 Å². The number of nitrogens with zero attached hydrogens (tertiary/aromatic N) is 2. The van der Waals surface area contributed by atoms with Crippen LogP contribution in [0.25, 0.3) is 0 Å². The minimum absolute atomic E-state index is 0.0479. The van der Waals surface area contributed by atoms with Crippen molar-refractivity contribution in [3.05, 3.63) is 34.2 Å². The van der Waals surface area contributed by atoms with E-state index in [9.17, 15) is 13.5 Å². The number of sulfonamides is 1. The number of phenolic OH excluding ortho intramolecular Hbond substituents is 1. The molecule has 1 saturated carbocycles. The molecule has 0 unspecified atom stereocenters. The Labute approximate surface area is 134 Å². The van der Waals surface area contributed by atoms with E-state index in [4.69, 9.17) is 11.6 Å². The summed E-state index contributed by atoms with van der Waals surface area (Å²) in [5.41, 5.74) is 0. The topological polar surface area (TPSA) is 84.2 Å². The standard InChI is InChI=1S/C12H11BrClN3O3S/c13-7-3-9(14)12(18)10(4-7)21(19,20)16-11-5-17(6-15-11)8-1-2-8/h3-6,8,16,18H,1-2H2. The third-order valence-corrected chi connectivity index (χ3v) is 5.21. The van der Waals surface area contributed by atoms with Crippen LogP contribution in [0.1, 0.15) is 18.9 Å². The lowest BCUT2D eigenvalue weighted by molar-refractivity contribution is 0.459. The van der Waals surface area contributed by atoms with Gasteiger partial charge in [0, 0.05) is 16.7 Å². The molecule has 1 aromatic carbocycles. The molecule has 1 aliphatic carbocycles. The molecule has 2 aromatic rings. The maximum Gasteiger partial charge on any atom is 0.266 e. The van der Waals surface area contributed by atoms with Gasteiger partial charge in [0.25, 0.3) is 10.0 Å². The number of aromatic nitrogens is 2. The van der Waals surface area contributed by atoms with Crippen LogP contribution >= 0.6 is 27.5 Å². The summed E-state index contributed by atoms with van der Waals surface area (Å²) in [5, 5.41) is 9.79. The number of halogens is 2. The number of anilines is 1. The Morgan fingerprint density at radius 2 is 2.14 bits per heavy atom. The molecule has 9 heteroatoms. The molecule has 1 heterocycles. The van der Waals surface area contributed by atoms with Crippen LogP contribution in [0.4, 0.5) is 5.82 Å². The quantitative estimate of drug-likeness (QED) is 0.837. The lowest BCUT2D eigenvalue weighted by Gasteiger charge is -2.09. The van der Waals surface area contributed by atoms with Crippen molar-refractivity contribution >= 4 is 43.4 Å². The summed E-state index contributed by atoms with van der Waals surface area (Å²) in [7, 11) is -3.97. The van der Waals surface area contributed by atoms with E-state index in [1.165, 1.54) is 12.1 Å².